The van der Waals surface area contributed by atoms with Gasteiger partial charge in [-0.2, -0.15) is 0 Å². The zero-order valence-corrected chi connectivity index (χ0v) is 13.7. The van der Waals surface area contributed by atoms with E-state index >= 15 is 0 Å². The van der Waals surface area contributed by atoms with Crippen molar-refractivity contribution in [2.24, 2.45) is 0 Å². The highest BCUT2D eigenvalue weighted by molar-refractivity contribution is 6.07. The van der Waals surface area contributed by atoms with Crippen LogP contribution in [0, 0.1) is 0 Å². The fraction of sp³-hybridized carbons (Fsp3) is 0.200. The number of nitrogens with one attached hydrogen (secondary N) is 3. The summed E-state index contributed by atoms with van der Waals surface area (Å²) >= 11 is 0. The molecule has 3 aromatic rings. The molecule has 0 saturated carbocycles. The fourth-order valence-corrected chi connectivity index (χ4v) is 3.39. The third-order valence-electron chi connectivity index (χ3n) is 4.59. The molecule has 1 aromatic heterocycles. The van der Waals surface area contributed by atoms with Crippen molar-refractivity contribution in [2.75, 3.05) is 11.9 Å². The first-order valence-corrected chi connectivity index (χ1v) is 8.44. The second-order valence-corrected chi connectivity index (χ2v) is 6.26. The van der Waals surface area contributed by atoms with Crippen LogP contribution in [-0.4, -0.2) is 29.3 Å². The molecule has 5 heteroatoms. The monoisotopic (exact) mass is 333 g/mol. The zero-order chi connectivity index (χ0) is 17.2. The molecule has 0 radical (unpaired) electrons. The molecule has 1 aliphatic heterocycles. The number of Topliss-reactive ketones (excluding diaryl/α,β-unsaturated/α-hetero) is 1. The Bertz CT molecular complexity index is 931. The maximum atomic E-state index is 12.9. The van der Waals surface area contributed by atoms with Gasteiger partial charge >= 0.3 is 0 Å². The van der Waals surface area contributed by atoms with E-state index in [2.05, 4.69) is 15.6 Å². The van der Waals surface area contributed by atoms with Gasteiger partial charge in [0.25, 0.3) is 0 Å². The molecule has 1 atom stereocenters. The highest BCUT2D eigenvalue weighted by atomic mass is 16.2. The molecule has 25 heavy (non-hydrogen) atoms. The SMILES string of the molecule is O=C(CC1NCCc2c([nH]c3ccccc23)C1=O)Nc1ccccc1. The Balaban J connectivity index is 1.55. The summed E-state index contributed by atoms with van der Waals surface area (Å²) in [5, 5.41) is 7.14. The number of hydrogen-bond donors (Lipinski definition) is 3. The summed E-state index contributed by atoms with van der Waals surface area (Å²) in [5.41, 5.74) is 3.37. The molecule has 126 valence electrons. The van der Waals surface area contributed by atoms with Crippen molar-refractivity contribution in [1.82, 2.24) is 10.3 Å². The Labute approximate surface area is 145 Å². The minimum absolute atomic E-state index is 0.0492. The van der Waals surface area contributed by atoms with Crippen LogP contribution in [0.15, 0.2) is 54.6 Å². The van der Waals surface area contributed by atoms with Crippen LogP contribution in [-0.2, 0) is 11.2 Å². The van der Waals surface area contributed by atoms with Gasteiger partial charge in [0, 0.05) is 23.0 Å². The molecule has 2 heterocycles. The lowest BCUT2D eigenvalue weighted by Crippen LogP contribution is -2.39. The maximum absolute atomic E-state index is 12.9. The average molecular weight is 333 g/mol. The van der Waals surface area contributed by atoms with Gasteiger partial charge in [-0.05, 0) is 36.7 Å². The molecular weight excluding hydrogens is 314 g/mol. The molecule has 0 bridgehead atoms. The maximum Gasteiger partial charge on any atom is 0.226 e. The van der Waals surface area contributed by atoms with Gasteiger partial charge in [0.15, 0.2) is 5.78 Å². The van der Waals surface area contributed by atoms with Gasteiger partial charge in [-0.15, -0.1) is 0 Å². The first kappa shape index (κ1) is 15.6. The van der Waals surface area contributed by atoms with Crippen molar-refractivity contribution in [3.63, 3.8) is 0 Å². The lowest BCUT2D eigenvalue weighted by molar-refractivity contribution is -0.116. The van der Waals surface area contributed by atoms with Crippen molar-refractivity contribution in [3.05, 3.63) is 65.9 Å². The van der Waals surface area contributed by atoms with Gasteiger partial charge in [-0.1, -0.05) is 36.4 Å². The molecule has 4 rings (SSSR count). The molecule has 0 spiro atoms. The van der Waals surface area contributed by atoms with Crippen LogP contribution in [0.3, 0.4) is 0 Å². The molecule has 1 amide bonds. The van der Waals surface area contributed by atoms with Gasteiger partial charge in [0.05, 0.1) is 11.7 Å². The van der Waals surface area contributed by atoms with Crippen molar-refractivity contribution in [2.45, 2.75) is 18.9 Å². The van der Waals surface area contributed by atoms with E-state index in [9.17, 15) is 9.59 Å². The third kappa shape index (κ3) is 3.06. The van der Waals surface area contributed by atoms with E-state index in [-0.39, 0.29) is 18.1 Å². The number of H-pyrrole nitrogens is 1. The molecule has 0 aliphatic carbocycles. The van der Waals surface area contributed by atoms with Crippen LogP contribution >= 0.6 is 0 Å². The molecule has 3 N–H and O–H groups in total. The minimum Gasteiger partial charge on any atom is -0.352 e. The van der Waals surface area contributed by atoms with Crippen molar-refractivity contribution in [1.29, 1.82) is 0 Å². The number of rotatable bonds is 3. The molecule has 1 unspecified atom stereocenters. The fourth-order valence-electron chi connectivity index (χ4n) is 3.39. The largest absolute Gasteiger partial charge is 0.352 e. The smallest absolute Gasteiger partial charge is 0.226 e. The number of amides is 1. The number of carbonyl (C=O) groups excluding carboxylic acids is 2. The number of aromatic nitrogens is 1. The second kappa shape index (κ2) is 6.53. The van der Waals surface area contributed by atoms with Crippen molar-refractivity contribution in [3.8, 4) is 0 Å². The molecule has 2 aromatic carbocycles. The summed E-state index contributed by atoms with van der Waals surface area (Å²) in [6.07, 6.45) is 0.879. The summed E-state index contributed by atoms with van der Waals surface area (Å²) in [4.78, 5) is 28.5. The molecule has 0 fully saturated rings. The topological polar surface area (TPSA) is 74.0 Å². The summed E-state index contributed by atoms with van der Waals surface area (Å²) in [7, 11) is 0. The van der Waals surface area contributed by atoms with E-state index in [1.54, 1.807) is 0 Å². The van der Waals surface area contributed by atoms with Crippen LogP contribution in [0.1, 0.15) is 22.5 Å². The standard InChI is InChI=1S/C20H19N3O2/c24-18(22-13-6-2-1-3-7-13)12-17-20(25)19-15(10-11-21-17)14-8-4-5-9-16(14)23-19/h1-9,17,21,23H,10-12H2,(H,22,24). The van der Waals surface area contributed by atoms with Gasteiger partial charge in [-0.25, -0.2) is 0 Å². The van der Waals surface area contributed by atoms with Gasteiger partial charge in [-0.3, -0.25) is 9.59 Å². The Morgan fingerprint density at radius 3 is 2.68 bits per heavy atom. The highest BCUT2D eigenvalue weighted by Crippen LogP contribution is 2.26. The first-order valence-electron chi connectivity index (χ1n) is 8.44. The highest BCUT2D eigenvalue weighted by Gasteiger charge is 2.29. The minimum atomic E-state index is -0.516. The van der Waals surface area contributed by atoms with Crippen LogP contribution in [0.5, 0.6) is 0 Å². The Morgan fingerprint density at radius 1 is 1.08 bits per heavy atom. The van der Waals surface area contributed by atoms with E-state index in [0.29, 0.717) is 12.2 Å². The van der Waals surface area contributed by atoms with E-state index in [0.717, 1.165) is 28.6 Å². The molecule has 0 saturated heterocycles. The van der Waals surface area contributed by atoms with E-state index < -0.39 is 6.04 Å². The number of para-hydroxylation sites is 2. The Kier molecular flexibility index (Phi) is 4.07. The Morgan fingerprint density at radius 2 is 1.84 bits per heavy atom. The predicted molar refractivity (Wildman–Crippen MR) is 97.8 cm³/mol. The van der Waals surface area contributed by atoms with Crippen LogP contribution in [0.25, 0.3) is 10.9 Å². The molecular formula is C20H19N3O2. The summed E-state index contributed by atoms with van der Waals surface area (Å²) < 4.78 is 0. The van der Waals surface area contributed by atoms with E-state index in [1.165, 1.54) is 0 Å². The van der Waals surface area contributed by atoms with Crippen molar-refractivity contribution >= 4 is 28.3 Å². The Hall–Kier alpha value is -2.92. The van der Waals surface area contributed by atoms with Crippen LogP contribution < -0.4 is 10.6 Å². The van der Waals surface area contributed by atoms with Gasteiger partial charge in [0.2, 0.25) is 5.91 Å². The summed E-state index contributed by atoms with van der Waals surface area (Å²) in [6.45, 7) is 0.671. The van der Waals surface area contributed by atoms with Crippen LogP contribution in [0.2, 0.25) is 0 Å². The zero-order valence-electron chi connectivity index (χ0n) is 13.7. The number of anilines is 1. The van der Waals surface area contributed by atoms with E-state index in [1.807, 2.05) is 54.6 Å². The number of carbonyl (C=O) groups is 2. The lowest BCUT2D eigenvalue weighted by atomic mass is 10.0. The van der Waals surface area contributed by atoms with Gasteiger partial charge < -0.3 is 15.6 Å². The van der Waals surface area contributed by atoms with Crippen molar-refractivity contribution < 1.29 is 9.59 Å². The third-order valence-corrected chi connectivity index (χ3v) is 4.59. The predicted octanol–water partition coefficient (Wildman–Crippen LogP) is 2.89. The quantitative estimate of drug-likeness (QED) is 0.690. The van der Waals surface area contributed by atoms with Crippen LogP contribution in [0.4, 0.5) is 5.69 Å². The average Bonchev–Trinajstić information content (AvgIpc) is 2.93. The summed E-state index contributed by atoms with van der Waals surface area (Å²) in [5.74, 6) is -0.219. The lowest BCUT2D eigenvalue weighted by Gasteiger charge is -2.14. The van der Waals surface area contributed by atoms with E-state index in [4.69, 9.17) is 0 Å². The molecule has 5 nitrogen and oxygen atoms in total. The number of aromatic amines is 1. The number of hydrogen-bond acceptors (Lipinski definition) is 3. The molecule has 1 aliphatic rings. The second-order valence-electron chi connectivity index (χ2n) is 6.26. The van der Waals surface area contributed by atoms with Gasteiger partial charge in [0.1, 0.15) is 0 Å². The number of fused-ring (bicyclic) bond motifs is 3. The number of benzene rings is 2. The summed E-state index contributed by atoms with van der Waals surface area (Å²) in [6, 6.07) is 16.7. The normalized spacial score (nSPS) is 17.1. The number of ketones is 1. The first-order chi connectivity index (χ1) is 12.2.